The van der Waals surface area contributed by atoms with Crippen LogP contribution in [0.15, 0.2) is 52.8 Å². The van der Waals surface area contributed by atoms with Crippen LogP contribution in [0.25, 0.3) is 11.0 Å². The molecule has 7 heterocycles. The Morgan fingerprint density at radius 2 is 1.32 bits per heavy atom. The summed E-state index contributed by atoms with van der Waals surface area (Å²) in [5, 5.41) is 40.2. The zero-order valence-electron chi connectivity index (χ0n) is 53.6. The Labute approximate surface area is 525 Å². The van der Waals surface area contributed by atoms with E-state index in [1.165, 1.54) is 13.3 Å². The Balaban J connectivity index is 1.18. The zero-order chi connectivity index (χ0) is 66.7. The van der Waals surface area contributed by atoms with E-state index >= 15 is 0 Å². The summed E-state index contributed by atoms with van der Waals surface area (Å²) in [5.74, 6) is -6.20. The van der Waals surface area contributed by atoms with Crippen LogP contribution in [0.1, 0.15) is 150 Å². The lowest BCUT2D eigenvalue weighted by molar-refractivity contribution is -0.124. The number of aryl methyl sites for hydroxylation is 2. The molecule has 8 rings (SSSR count). The highest BCUT2D eigenvalue weighted by atomic mass is 31.2. The highest BCUT2D eigenvalue weighted by molar-refractivity contribution is 7.47. The number of carbonyl (C=O) groups excluding carboxylic acids is 7. The zero-order valence-corrected chi connectivity index (χ0v) is 54.5. The number of imidazole rings is 1. The predicted molar refractivity (Wildman–Crippen MR) is 332 cm³/mol. The highest BCUT2D eigenvalue weighted by Crippen LogP contribution is 2.62. The van der Waals surface area contributed by atoms with Crippen molar-refractivity contribution in [1.29, 1.82) is 0 Å². The van der Waals surface area contributed by atoms with Gasteiger partial charge in [0.05, 0.1) is 36.1 Å². The van der Waals surface area contributed by atoms with Crippen molar-refractivity contribution in [2.45, 2.75) is 207 Å². The van der Waals surface area contributed by atoms with E-state index in [-0.39, 0.29) is 76.7 Å². The SMILES string of the molecule is C/C1=C2/N[C@H]([C@H](CC(N)=O)[C@@]2(C)CCC(=O)NC[C@@H](C)OP(=O)(O)O[C@H]2[C@@H](O)[C@@H](n3cnc4cc(C)c(C)cc43)O[C@@H]2CO)[C@]2(C)N[C@H](/C(C)=C3\N[C@H](/C=C4\NC1[C@@H](CCC(N)=O)C4(C)C)[C@@H](CCC(N)=O)[C@]3(C)CC(N)=O)[C@@H](CCC(N)=O)[C@]2(C)CC(N)=O. The van der Waals surface area contributed by atoms with E-state index in [1.807, 2.05) is 67.5 Å². The van der Waals surface area contributed by atoms with Crippen LogP contribution in [0.5, 0.6) is 0 Å². The van der Waals surface area contributed by atoms with Gasteiger partial charge in [0.2, 0.25) is 41.4 Å². The number of hydrogen-bond acceptors (Lipinski definition) is 18. The first-order valence-electron chi connectivity index (χ1n) is 31.1. The summed E-state index contributed by atoms with van der Waals surface area (Å²) >= 11 is 0. The second kappa shape index (κ2) is 25.9. The summed E-state index contributed by atoms with van der Waals surface area (Å²) in [4.78, 5) is 109. The lowest BCUT2D eigenvalue weighted by Gasteiger charge is -2.49. The van der Waals surface area contributed by atoms with Crippen molar-refractivity contribution in [1.82, 2.24) is 36.1 Å². The van der Waals surface area contributed by atoms with Crippen molar-refractivity contribution >= 4 is 60.2 Å². The molecule has 8 bridgehead atoms. The Hall–Kier alpha value is -6.45. The molecule has 20 N–H and O–H groups in total. The highest BCUT2D eigenvalue weighted by Gasteiger charge is 2.68. The maximum Gasteiger partial charge on any atom is 0.472 e. The van der Waals surface area contributed by atoms with Crippen molar-refractivity contribution in [3.63, 3.8) is 0 Å². The van der Waals surface area contributed by atoms with Gasteiger partial charge in [-0.25, -0.2) is 9.55 Å². The Bertz CT molecular complexity index is 3330. The molecule has 5 saturated heterocycles. The van der Waals surface area contributed by atoms with Gasteiger partial charge in [0.25, 0.3) is 0 Å². The minimum absolute atomic E-state index is 0.0183. The summed E-state index contributed by atoms with van der Waals surface area (Å²) in [7, 11) is -5.05. The molecule has 28 heteroatoms. The van der Waals surface area contributed by atoms with Gasteiger partial charge in [0.15, 0.2) is 6.23 Å². The van der Waals surface area contributed by atoms with E-state index in [9.17, 15) is 53.2 Å². The minimum atomic E-state index is -5.05. The van der Waals surface area contributed by atoms with E-state index in [1.54, 1.807) is 4.57 Å². The number of ether oxygens (including phenoxy) is 1. The summed E-state index contributed by atoms with van der Waals surface area (Å²) in [6.45, 7) is 20.1. The monoisotopic (exact) mass is 1280 g/mol. The van der Waals surface area contributed by atoms with Crippen molar-refractivity contribution in [3.8, 4) is 0 Å². The van der Waals surface area contributed by atoms with E-state index in [0.29, 0.717) is 28.8 Å². The molecular weight excluding hydrogens is 1180 g/mol. The van der Waals surface area contributed by atoms with Crippen LogP contribution < -0.4 is 61.0 Å². The predicted octanol–water partition coefficient (Wildman–Crippen LogP) is 1.71. The molecule has 2 unspecified atom stereocenters. The van der Waals surface area contributed by atoms with E-state index in [0.717, 1.165) is 28.0 Å². The number of phosphoric acid groups is 1. The number of nitrogens with zero attached hydrogens (tertiary/aromatic N) is 2. The van der Waals surface area contributed by atoms with Crippen LogP contribution in [0.2, 0.25) is 0 Å². The first-order chi connectivity index (χ1) is 41.8. The molecule has 90 heavy (non-hydrogen) atoms. The molecule has 498 valence electrons. The molecule has 18 atom stereocenters. The number of fused-ring (bicyclic) bond motifs is 10. The molecule has 7 amide bonds. The number of hydrogen-bond donors (Lipinski definition) is 14. The largest absolute Gasteiger partial charge is 0.472 e. The number of nitrogens with one attached hydrogen (secondary N) is 5. The van der Waals surface area contributed by atoms with Crippen LogP contribution in [0, 0.1) is 59.2 Å². The number of phosphoric ester groups is 1. The van der Waals surface area contributed by atoms with Gasteiger partial charge in [-0.2, -0.15) is 0 Å². The maximum atomic E-state index is 14.4. The number of aliphatic hydroxyl groups is 2. The third kappa shape index (κ3) is 13.2. The van der Waals surface area contributed by atoms with Gasteiger partial charge in [0, 0.05) is 120 Å². The maximum absolute atomic E-state index is 14.4. The molecule has 0 spiro atoms. The Morgan fingerprint density at radius 3 is 1.91 bits per heavy atom. The fourth-order valence-corrected chi connectivity index (χ4v) is 17.8. The standard InChI is InChI=1S/C62H96N13O14P/c1-29-20-39-40(21-30(29)2)75(28-70-39)57-52(84)53(41(27-76)87-57)89-90(85,86)88-31(3)26-69-49(83)18-19-59(8)37(22-46(66)80)56-62(11)61(10,25-48(68)82)36(14-17-45(65)79)51(74-62)33(5)55-60(9,24-47(67)81)34(12-15-43(63)77)38(71-55)23-42-58(6,7)35(13-16-44(64)78)50(72-42)32(4)54(59)73-56/h20-21,23,28,31,34-38,41,50-53,56-57,71-74,76,84H,12-19,22,24-27H2,1-11H3,(H2,63,77)(H2,64,78)(H2,65,79)(H2,66,80)(H2,67,81)(H2,68,82)(H,69,83)(H,85,86)/b42-23-,54-32-,55-33-/t31-,34-,35-,36-,37+,38-,41-,50?,51-,52-,53-,56-,57+,59-,60+,61+,62+/m1/s1. The summed E-state index contributed by atoms with van der Waals surface area (Å²) in [6.07, 6.45) is -3.15. The quantitative estimate of drug-likeness (QED) is 0.0596. The number of primary amides is 6. The van der Waals surface area contributed by atoms with Gasteiger partial charge in [-0.3, -0.25) is 42.6 Å². The van der Waals surface area contributed by atoms with E-state index in [2.05, 4.69) is 51.5 Å². The van der Waals surface area contributed by atoms with Gasteiger partial charge in [-0.05, 0) is 125 Å². The molecule has 1 aromatic heterocycles. The third-order valence-corrected chi connectivity index (χ3v) is 22.8. The van der Waals surface area contributed by atoms with Crippen molar-refractivity contribution in [2.75, 3.05) is 13.2 Å². The van der Waals surface area contributed by atoms with Crippen LogP contribution in [0.4, 0.5) is 0 Å². The van der Waals surface area contributed by atoms with Gasteiger partial charge in [-0.1, -0.05) is 34.6 Å². The molecular formula is C62H96N13O14P. The molecule has 0 radical (unpaired) electrons. The Kier molecular flexibility index (Phi) is 20.0. The number of nitrogens with two attached hydrogens (primary N) is 6. The average molecular weight is 1280 g/mol. The minimum Gasteiger partial charge on any atom is -0.394 e. The molecule has 1 aromatic carbocycles. The number of aliphatic hydroxyl groups excluding tert-OH is 2. The topological polar surface area (TPSA) is 459 Å². The van der Waals surface area contributed by atoms with Crippen LogP contribution >= 0.6 is 7.82 Å². The molecule has 5 fully saturated rings. The molecule has 0 saturated carbocycles. The van der Waals surface area contributed by atoms with Crippen LogP contribution in [-0.2, 0) is 51.9 Å². The van der Waals surface area contributed by atoms with Gasteiger partial charge < -0.3 is 85.4 Å². The first-order valence-corrected chi connectivity index (χ1v) is 32.6. The van der Waals surface area contributed by atoms with E-state index in [4.69, 9.17) is 48.2 Å². The van der Waals surface area contributed by atoms with Gasteiger partial charge in [0.1, 0.15) is 18.3 Å². The molecule has 27 nitrogen and oxygen atoms in total. The lowest BCUT2D eigenvalue weighted by atomic mass is 9.56. The fraction of sp³-hybridized carbons (Fsp3) is 0.677. The van der Waals surface area contributed by atoms with E-state index < -0.39 is 156 Å². The molecule has 6 aliphatic heterocycles. The lowest BCUT2D eigenvalue weighted by Crippen LogP contribution is -2.64. The Morgan fingerprint density at radius 1 is 0.744 bits per heavy atom. The normalized spacial score (nSPS) is 36.7. The smallest absolute Gasteiger partial charge is 0.394 e. The van der Waals surface area contributed by atoms with Crippen molar-refractivity contribution in [3.05, 3.63) is 63.9 Å². The summed E-state index contributed by atoms with van der Waals surface area (Å²) < 4.78 is 32.3. The first kappa shape index (κ1) is 69.4. The average Bonchev–Trinajstić information content (AvgIpc) is 1.53. The number of benzene rings is 1. The van der Waals surface area contributed by atoms with Crippen LogP contribution in [-0.4, -0.2) is 133 Å². The summed E-state index contributed by atoms with van der Waals surface area (Å²) in [5.41, 5.74) is 37.8. The fourth-order valence-electron chi connectivity index (χ4n) is 16.7. The number of allylic oxidation sites excluding steroid dienone is 3. The number of aromatic nitrogens is 2. The number of rotatable bonds is 26. The van der Waals surface area contributed by atoms with Crippen molar-refractivity contribution in [2.24, 2.45) is 79.7 Å². The molecule has 0 aliphatic carbocycles. The number of amides is 7. The second-order valence-electron chi connectivity index (χ2n) is 27.9. The third-order valence-electron chi connectivity index (χ3n) is 21.7. The second-order valence-corrected chi connectivity index (χ2v) is 29.2. The molecule has 2 aromatic rings. The van der Waals surface area contributed by atoms with Gasteiger partial charge in [-0.15, -0.1) is 0 Å². The molecule has 6 aliphatic rings. The van der Waals surface area contributed by atoms with Crippen LogP contribution in [0.3, 0.4) is 0 Å². The number of carbonyl (C=O) groups is 7. The van der Waals surface area contributed by atoms with Gasteiger partial charge >= 0.3 is 7.82 Å². The van der Waals surface area contributed by atoms with Crippen molar-refractivity contribution < 1.29 is 67.0 Å². The summed E-state index contributed by atoms with van der Waals surface area (Å²) in [6, 6.07) is 1.17.